The summed E-state index contributed by atoms with van der Waals surface area (Å²) in [6.45, 7) is 1.75. The Hall–Kier alpha value is -1.97. The van der Waals surface area contributed by atoms with Crippen molar-refractivity contribution in [3.8, 4) is 0 Å². The molecule has 2 heterocycles. The maximum atomic E-state index is 12.4. The quantitative estimate of drug-likeness (QED) is 0.230. The summed E-state index contributed by atoms with van der Waals surface area (Å²) in [5.41, 5.74) is 0.514. The summed E-state index contributed by atoms with van der Waals surface area (Å²) in [5, 5.41) is 11.0. The van der Waals surface area contributed by atoms with Crippen LogP contribution in [0, 0.1) is 16.0 Å². The highest BCUT2D eigenvalue weighted by molar-refractivity contribution is 14.1. The maximum Gasteiger partial charge on any atom is 0.356 e. The molecule has 1 aromatic carbocycles. The largest absolute Gasteiger partial charge is 0.456 e. The zero-order valence-corrected chi connectivity index (χ0v) is 15.1. The standard InChI is InChI=1S/C16H15IN2O5/c1-2-10-13-7-11(17)14(18(13)15(10)20)16(21)24-8-9-5-3-4-6-12(9)19(22)23/h3-6,10,13H,2,7-8H2,1H3. The average molecular weight is 442 g/mol. The molecule has 3 rings (SSSR count). The highest BCUT2D eigenvalue weighted by Gasteiger charge is 2.54. The first-order valence-corrected chi connectivity index (χ1v) is 8.64. The van der Waals surface area contributed by atoms with Crippen molar-refractivity contribution in [2.24, 2.45) is 5.92 Å². The zero-order chi connectivity index (χ0) is 17.4. The van der Waals surface area contributed by atoms with Gasteiger partial charge in [-0.3, -0.25) is 14.9 Å². The molecular weight excluding hydrogens is 427 g/mol. The first kappa shape index (κ1) is 16.9. The lowest BCUT2D eigenvalue weighted by molar-refractivity contribution is -0.385. The van der Waals surface area contributed by atoms with Crippen LogP contribution in [0.3, 0.4) is 0 Å². The van der Waals surface area contributed by atoms with Gasteiger partial charge >= 0.3 is 5.97 Å². The predicted octanol–water partition coefficient (Wildman–Crippen LogP) is 2.93. The Morgan fingerprint density at radius 2 is 2.17 bits per heavy atom. The molecule has 8 heteroatoms. The topological polar surface area (TPSA) is 89.8 Å². The van der Waals surface area contributed by atoms with Crippen molar-refractivity contribution in [3.63, 3.8) is 0 Å². The van der Waals surface area contributed by atoms with Gasteiger partial charge in [0.15, 0.2) is 0 Å². The fourth-order valence-corrected chi connectivity index (χ4v) is 4.13. The van der Waals surface area contributed by atoms with Gasteiger partial charge in [0, 0.05) is 16.1 Å². The Bertz CT molecular complexity index is 761. The Balaban J connectivity index is 1.72. The number of rotatable bonds is 5. The number of fused-ring (bicyclic) bond motifs is 1. The minimum atomic E-state index is -0.608. The van der Waals surface area contributed by atoms with E-state index in [9.17, 15) is 19.7 Å². The van der Waals surface area contributed by atoms with Crippen molar-refractivity contribution in [1.82, 2.24) is 4.90 Å². The van der Waals surface area contributed by atoms with Crippen molar-refractivity contribution in [1.29, 1.82) is 0 Å². The Labute approximate surface area is 151 Å². The van der Waals surface area contributed by atoms with Crippen molar-refractivity contribution < 1.29 is 19.2 Å². The number of hydrogen-bond acceptors (Lipinski definition) is 5. The van der Waals surface area contributed by atoms with Crippen molar-refractivity contribution in [3.05, 3.63) is 49.2 Å². The number of carbonyl (C=O) groups is 2. The van der Waals surface area contributed by atoms with E-state index in [2.05, 4.69) is 22.6 Å². The highest BCUT2D eigenvalue weighted by Crippen LogP contribution is 2.45. The van der Waals surface area contributed by atoms with Crippen LogP contribution in [-0.2, 0) is 20.9 Å². The van der Waals surface area contributed by atoms with Crippen molar-refractivity contribution in [2.45, 2.75) is 32.4 Å². The molecule has 2 aliphatic rings. The molecule has 0 spiro atoms. The van der Waals surface area contributed by atoms with E-state index in [-0.39, 0.29) is 35.9 Å². The van der Waals surface area contributed by atoms with Crippen molar-refractivity contribution in [2.75, 3.05) is 0 Å². The number of nitro groups is 1. The van der Waals surface area contributed by atoms with E-state index in [0.29, 0.717) is 12.0 Å². The van der Waals surface area contributed by atoms with E-state index in [4.69, 9.17) is 4.74 Å². The molecule has 0 bridgehead atoms. The van der Waals surface area contributed by atoms with Crippen LogP contribution in [0.2, 0.25) is 0 Å². The lowest BCUT2D eigenvalue weighted by Gasteiger charge is -2.43. The summed E-state index contributed by atoms with van der Waals surface area (Å²) in [7, 11) is 0. The number of halogens is 1. The fraction of sp³-hybridized carbons (Fsp3) is 0.375. The van der Waals surface area contributed by atoms with Crippen LogP contribution < -0.4 is 0 Å². The van der Waals surface area contributed by atoms with E-state index < -0.39 is 10.9 Å². The Morgan fingerprint density at radius 3 is 2.83 bits per heavy atom. The van der Waals surface area contributed by atoms with E-state index in [1.807, 2.05) is 6.92 Å². The molecular formula is C16H15IN2O5. The number of esters is 1. The zero-order valence-electron chi connectivity index (χ0n) is 12.9. The first-order valence-electron chi connectivity index (χ1n) is 7.56. The number of ether oxygens (including phenoxy) is 1. The molecule has 0 radical (unpaired) electrons. The van der Waals surface area contributed by atoms with Gasteiger partial charge in [0.05, 0.1) is 22.4 Å². The number of benzene rings is 1. The molecule has 0 aromatic heterocycles. The van der Waals surface area contributed by atoms with Gasteiger partial charge in [-0.1, -0.05) is 19.1 Å². The van der Waals surface area contributed by atoms with Crippen LogP contribution in [0.1, 0.15) is 25.3 Å². The number of nitro benzene ring substituents is 1. The van der Waals surface area contributed by atoms with Gasteiger partial charge in [0.2, 0.25) is 5.91 Å². The number of amides is 1. The van der Waals surface area contributed by atoms with E-state index in [0.717, 1.165) is 10.0 Å². The first-order chi connectivity index (χ1) is 11.5. The molecule has 1 fully saturated rings. The smallest absolute Gasteiger partial charge is 0.356 e. The molecule has 2 unspecified atom stereocenters. The summed E-state index contributed by atoms with van der Waals surface area (Å²) < 4.78 is 6.04. The van der Waals surface area contributed by atoms with E-state index >= 15 is 0 Å². The molecule has 2 atom stereocenters. The third kappa shape index (κ3) is 2.68. The van der Waals surface area contributed by atoms with E-state index in [1.54, 1.807) is 18.2 Å². The summed E-state index contributed by atoms with van der Waals surface area (Å²) >= 11 is 2.06. The summed E-state index contributed by atoms with van der Waals surface area (Å²) in [6.07, 6.45) is 1.42. The van der Waals surface area contributed by atoms with Gasteiger partial charge in [0.1, 0.15) is 12.3 Å². The molecule has 24 heavy (non-hydrogen) atoms. The van der Waals surface area contributed by atoms with Crippen LogP contribution in [0.15, 0.2) is 33.5 Å². The van der Waals surface area contributed by atoms with Crippen LogP contribution in [-0.4, -0.2) is 27.7 Å². The van der Waals surface area contributed by atoms with Crippen LogP contribution in [0.5, 0.6) is 0 Å². The van der Waals surface area contributed by atoms with Gasteiger partial charge in [0.25, 0.3) is 5.69 Å². The molecule has 7 nitrogen and oxygen atoms in total. The average Bonchev–Trinajstić information content (AvgIpc) is 2.86. The van der Waals surface area contributed by atoms with Gasteiger partial charge in [-0.15, -0.1) is 0 Å². The van der Waals surface area contributed by atoms with Gasteiger partial charge in [-0.05, 0) is 35.1 Å². The van der Waals surface area contributed by atoms with Gasteiger partial charge < -0.3 is 9.64 Å². The molecule has 0 saturated carbocycles. The second-order valence-corrected chi connectivity index (χ2v) is 7.01. The number of nitrogens with zero attached hydrogens (tertiary/aromatic N) is 2. The van der Waals surface area contributed by atoms with Crippen LogP contribution in [0.25, 0.3) is 0 Å². The van der Waals surface area contributed by atoms with Crippen molar-refractivity contribution >= 4 is 40.2 Å². The second-order valence-electron chi connectivity index (χ2n) is 5.71. The van der Waals surface area contributed by atoms with Gasteiger partial charge in [-0.2, -0.15) is 0 Å². The highest BCUT2D eigenvalue weighted by atomic mass is 127. The number of β-lactam (4-membered cyclic amide) rings is 1. The minimum Gasteiger partial charge on any atom is -0.456 e. The molecule has 126 valence electrons. The number of hydrogen-bond donors (Lipinski definition) is 0. The normalized spacial score (nSPS) is 22.2. The molecule has 1 saturated heterocycles. The molecule has 1 aromatic rings. The van der Waals surface area contributed by atoms with Gasteiger partial charge in [-0.25, -0.2) is 4.79 Å². The Morgan fingerprint density at radius 1 is 1.46 bits per heavy atom. The minimum absolute atomic E-state index is 0.0322. The molecule has 0 aliphatic carbocycles. The lowest BCUT2D eigenvalue weighted by Crippen LogP contribution is -2.58. The fourth-order valence-electron chi connectivity index (χ4n) is 3.20. The number of para-hydroxylation sites is 1. The number of carbonyl (C=O) groups excluding carboxylic acids is 2. The maximum absolute atomic E-state index is 12.4. The second kappa shape index (κ2) is 6.50. The SMILES string of the molecule is CCC1C(=O)N2C(C(=O)OCc3ccccc3[N+](=O)[O-])=C(I)CC12. The monoisotopic (exact) mass is 442 g/mol. The lowest BCUT2D eigenvalue weighted by atomic mass is 9.85. The van der Waals surface area contributed by atoms with Crippen LogP contribution >= 0.6 is 22.6 Å². The molecule has 2 aliphatic heterocycles. The Kier molecular flexibility index (Phi) is 4.57. The predicted molar refractivity (Wildman–Crippen MR) is 93.0 cm³/mol. The third-order valence-corrected chi connectivity index (χ3v) is 5.37. The van der Waals surface area contributed by atoms with Crippen LogP contribution in [0.4, 0.5) is 5.69 Å². The third-order valence-electron chi connectivity index (χ3n) is 4.42. The van der Waals surface area contributed by atoms with E-state index in [1.165, 1.54) is 11.0 Å². The molecule has 1 amide bonds. The molecule has 0 N–H and O–H groups in total. The summed E-state index contributed by atoms with van der Waals surface area (Å²) in [4.78, 5) is 36.5. The summed E-state index contributed by atoms with van der Waals surface area (Å²) in [6, 6.07) is 6.16. The summed E-state index contributed by atoms with van der Waals surface area (Å²) in [5.74, 6) is -0.690.